The molecule has 0 radical (unpaired) electrons. The van der Waals surface area contributed by atoms with Gasteiger partial charge in [-0.2, -0.15) is 0 Å². The van der Waals surface area contributed by atoms with E-state index in [9.17, 15) is 0 Å². The summed E-state index contributed by atoms with van der Waals surface area (Å²) in [6.07, 6.45) is 11.9. The fourth-order valence-electron chi connectivity index (χ4n) is 1.16. The Morgan fingerprint density at radius 2 is 1.73 bits per heavy atom. The maximum atomic E-state index is 8.50. The van der Waals surface area contributed by atoms with Gasteiger partial charge in [-0.1, -0.05) is 30.7 Å². The third kappa shape index (κ3) is 4.70. The number of allylic oxidation sites excluding steroid dienone is 4. The van der Waals surface area contributed by atoms with Crippen LogP contribution in [0.15, 0.2) is 24.3 Å². The van der Waals surface area contributed by atoms with E-state index in [-0.39, 0.29) is 25.8 Å². The van der Waals surface area contributed by atoms with E-state index in [0.29, 0.717) is 12.5 Å². The van der Waals surface area contributed by atoms with Crippen molar-refractivity contribution in [3.63, 3.8) is 0 Å². The third-order valence-electron chi connectivity index (χ3n) is 1.77. The quantitative estimate of drug-likeness (QED) is 0.620. The Bertz CT molecular complexity index is 128. The Balaban J connectivity index is 0.000001000. The van der Waals surface area contributed by atoms with Crippen LogP contribution in [0.2, 0.25) is 0 Å². The van der Waals surface area contributed by atoms with Crippen molar-refractivity contribution in [3.05, 3.63) is 24.3 Å². The molecule has 0 atom stereocenters. The Morgan fingerprint density at radius 3 is 2.27 bits per heavy atom. The molecule has 0 bridgehead atoms. The molecule has 1 rings (SSSR count). The molecular weight excluding hydrogens is 303 g/mol. The normalized spacial score (nSPS) is 15.4. The summed E-state index contributed by atoms with van der Waals surface area (Å²) >= 11 is 0. The van der Waals surface area contributed by atoms with Crippen LogP contribution in [-0.2, 0) is 25.8 Å². The second-order valence-corrected chi connectivity index (χ2v) is 2.65. The van der Waals surface area contributed by atoms with Crippen molar-refractivity contribution in [2.24, 2.45) is 5.92 Å². The molecule has 2 heteroatoms. The molecule has 1 N–H and O–H groups in total. The van der Waals surface area contributed by atoms with Crippen LogP contribution < -0.4 is 0 Å². The van der Waals surface area contributed by atoms with Gasteiger partial charge in [-0.3, -0.25) is 0 Å². The number of hydrogen-bond acceptors (Lipinski definition) is 1. The molecule has 0 amide bonds. The van der Waals surface area contributed by atoms with E-state index >= 15 is 0 Å². The molecule has 0 aromatic carbocycles. The first-order chi connectivity index (χ1) is 4.93. The Labute approximate surface area is 87.0 Å². The van der Waals surface area contributed by atoms with Crippen molar-refractivity contribution in [1.82, 2.24) is 0 Å². The van der Waals surface area contributed by atoms with E-state index in [1.807, 2.05) is 0 Å². The van der Waals surface area contributed by atoms with Crippen LogP contribution in [0, 0.1) is 5.92 Å². The average molecular weight is 317 g/mol. The zero-order valence-electron chi connectivity index (χ0n) is 6.66. The summed E-state index contributed by atoms with van der Waals surface area (Å²) in [5, 5.41) is 8.50. The van der Waals surface area contributed by atoms with Crippen molar-refractivity contribution in [2.45, 2.75) is 19.3 Å². The van der Waals surface area contributed by atoms with Crippen LogP contribution in [0.3, 0.4) is 0 Å². The second-order valence-electron chi connectivity index (χ2n) is 2.65. The summed E-state index contributed by atoms with van der Waals surface area (Å²) in [5.74, 6) is 0.645. The average Bonchev–Trinajstić information content (AvgIpc) is 2.41. The minimum Gasteiger partial charge on any atom is -0.396 e. The molecule has 0 aromatic rings. The van der Waals surface area contributed by atoms with E-state index in [1.54, 1.807) is 0 Å². The van der Waals surface area contributed by atoms with E-state index in [2.05, 4.69) is 24.3 Å². The topological polar surface area (TPSA) is 20.2 Å². The molecule has 1 nitrogen and oxygen atoms in total. The van der Waals surface area contributed by atoms with Crippen molar-refractivity contribution in [1.29, 1.82) is 0 Å². The van der Waals surface area contributed by atoms with E-state index < -0.39 is 0 Å². The zero-order chi connectivity index (χ0) is 7.23. The minimum absolute atomic E-state index is 0. The summed E-state index contributed by atoms with van der Waals surface area (Å²) < 4.78 is 0. The van der Waals surface area contributed by atoms with Gasteiger partial charge in [-0.05, 0) is 18.8 Å². The fourth-order valence-corrected chi connectivity index (χ4v) is 1.16. The van der Waals surface area contributed by atoms with Crippen LogP contribution in [0.1, 0.15) is 19.3 Å². The van der Waals surface area contributed by atoms with Crippen LogP contribution >= 0.6 is 0 Å². The third-order valence-corrected chi connectivity index (χ3v) is 1.77. The molecule has 11 heavy (non-hydrogen) atoms. The molecule has 1 aliphatic carbocycles. The first-order valence-electron chi connectivity index (χ1n) is 3.89. The van der Waals surface area contributed by atoms with Gasteiger partial charge < -0.3 is 5.11 Å². The Hall–Kier alpha value is 0.310. The Morgan fingerprint density at radius 1 is 1.09 bits per heavy atom. The standard InChI is InChI=1S/C9H14O.Hf/c10-8-4-3-7-9-5-1-2-6-9;/h1-2,5-6,9-10H,3-4,7-8H2;. The molecule has 1 aliphatic rings. The van der Waals surface area contributed by atoms with Gasteiger partial charge in [0.1, 0.15) is 0 Å². The maximum absolute atomic E-state index is 8.50. The SMILES string of the molecule is OCCCCC1C=CC=C1.[Hf]. The molecule has 60 valence electrons. The molecule has 0 saturated carbocycles. The van der Waals surface area contributed by atoms with E-state index in [0.717, 1.165) is 12.8 Å². The molecular formula is C9H14HfO. The minimum atomic E-state index is 0. The van der Waals surface area contributed by atoms with Crippen molar-refractivity contribution in [3.8, 4) is 0 Å². The van der Waals surface area contributed by atoms with E-state index in [4.69, 9.17) is 5.11 Å². The number of aliphatic hydroxyl groups is 1. The first kappa shape index (κ1) is 11.3. The summed E-state index contributed by atoms with van der Waals surface area (Å²) in [4.78, 5) is 0. The number of unbranched alkanes of at least 4 members (excludes halogenated alkanes) is 1. The summed E-state index contributed by atoms with van der Waals surface area (Å²) in [5.41, 5.74) is 0. The van der Waals surface area contributed by atoms with Gasteiger partial charge in [0.15, 0.2) is 0 Å². The molecule has 0 fully saturated rings. The summed E-state index contributed by atoms with van der Waals surface area (Å²) in [7, 11) is 0. The first-order valence-corrected chi connectivity index (χ1v) is 3.89. The van der Waals surface area contributed by atoms with Gasteiger partial charge in [0.25, 0.3) is 0 Å². The van der Waals surface area contributed by atoms with E-state index in [1.165, 1.54) is 6.42 Å². The monoisotopic (exact) mass is 318 g/mol. The van der Waals surface area contributed by atoms with Crippen LogP contribution in [0.4, 0.5) is 0 Å². The van der Waals surface area contributed by atoms with Crippen LogP contribution in [0.25, 0.3) is 0 Å². The van der Waals surface area contributed by atoms with Crippen molar-refractivity contribution < 1.29 is 30.9 Å². The predicted octanol–water partition coefficient (Wildman–Crippen LogP) is 1.89. The summed E-state index contributed by atoms with van der Waals surface area (Å²) in [6.45, 7) is 0.333. The Kier molecular flexibility index (Phi) is 7.18. The number of hydrogen-bond donors (Lipinski definition) is 1. The van der Waals surface area contributed by atoms with Gasteiger partial charge in [0.05, 0.1) is 0 Å². The molecule has 0 heterocycles. The zero-order valence-corrected chi connectivity index (χ0v) is 10.3. The van der Waals surface area contributed by atoms with Gasteiger partial charge in [-0.25, -0.2) is 0 Å². The molecule has 0 saturated heterocycles. The van der Waals surface area contributed by atoms with Gasteiger partial charge in [-0.15, -0.1) is 0 Å². The maximum Gasteiger partial charge on any atom is 0.0431 e. The van der Waals surface area contributed by atoms with Gasteiger partial charge in [0, 0.05) is 32.5 Å². The molecule has 0 spiro atoms. The molecule has 0 aromatic heterocycles. The van der Waals surface area contributed by atoms with Crippen LogP contribution in [-0.4, -0.2) is 11.7 Å². The molecule has 0 unspecified atom stereocenters. The second kappa shape index (κ2) is 6.99. The van der Waals surface area contributed by atoms with Gasteiger partial charge >= 0.3 is 0 Å². The number of aliphatic hydroxyl groups excluding tert-OH is 1. The van der Waals surface area contributed by atoms with Crippen molar-refractivity contribution in [2.75, 3.05) is 6.61 Å². The summed E-state index contributed by atoms with van der Waals surface area (Å²) in [6, 6.07) is 0. The van der Waals surface area contributed by atoms with Gasteiger partial charge in [0.2, 0.25) is 0 Å². The fraction of sp³-hybridized carbons (Fsp3) is 0.556. The van der Waals surface area contributed by atoms with Crippen LogP contribution in [0.5, 0.6) is 0 Å². The largest absolute Gasteiger partial charge is 0.396 e. The predicted molar refractivity (Wildman–Crippen MR) is 42.7 cm³/mol. The molecule has 0 aliphatic heterocycles. The smallest absolute Gasteiger partial charge is 0.0431 e. The van der Waals surface area contributed by atoms with Crippen molar-refractivity contribution >= 4 is 0 Å². The number of rotatable bonds is 4.